The molecule has 3 heteroatoms. The fourth-order valence-electron chi connectivity index (χ4n) is 3.46. The van der Waals surface area contributed by atoms with Crippen molar-refractivity contribution < 1.29 is 9.53 Å². The predicted molar refractivity (Wildman–Crippen MR) is 112 cm³/mol. The maximum atomic E-state index is 12.8. The number of hydrogen-bond acceptors (Lipinski definition) is 2. The van der Waals surface area contributed by atoms with Crippen LogP contribution in [0.1, 0.15) is 6.92 Å². The second-order valence-corrected chi connectivity index (χ2v) is 9.88. The van der Waals surface area contributed by atoms with Gasteiger partial charge in [-0.25, -0.2) is 0 Å². The van der Waals surface area contributed by atoms with E-state index in [1.165, 1.54) is 0 Å². The summed E-state index contributed by atoms with van der Waals surface area (Å²) in [5, 5.41) is 3.91. The van der Waals surface area contributed by atoms with Gasteiger partial charge in [0.2, 0.25) is 0 Å². The van der Waals surface area contributed by atoms with E-state index in [9.17, 15) is 4.79 Å². The molecule has 0 amide bonds. The molecule has 0 saturated carbocycles. The van der Waals surface area contributed by atoms with Crippen LogP contribution in [0.25, 0.3) is 0 Å². The van der Waals surface area contributed by atoms with Crippen LogP contribution < -0.4 is 15.9 Å². The first-order valence-electron chi connectivity index (χ1n) is 8.74. The van der Waals surface area contributed by atoms with Gasteiger partial charge in [-0.3, -0.25) is 0 Å². The molecule has 0 fully saturated rings. The zero-order valence-electron chi connectivity index (χ0n) is 14.9. The van der Waals surface area contributed by atoms with Gasteiger partial charge in [0.25, 0.3) is 0 Å². The molecule has 0 heterocycles. The van der Waals surface area contributed by atoms with Crippen LogP contribution in [0.3, 0.4) is 0 Å². The number of carbonyl (C=O) groups excluding carboxylic acids is 1. The van der Waals surface area contributed by atoms with Crippen LogP contribution in [0.4, 0.5) is 0 Å². The monoisotopic (exact) mass is 362 g/mol. The van der Waals surface area contributed by atoms with E-state index in [1.807, 2.05) is 61.5 Å². The average Bonchev–Trinajstić information content (AvgIpc) is 2.71. The molecule has 3 aromatic carbocycles. The number of benzene rings is 3. The molecule has 2 nitrogen and oxygen atoms in total. The summed E-state index contributed by atoms with van der Waals surface area (Å²) in [4.78, 5) is 12.8. The number of hydrogen-bond donors (Lipinski definition) is 0. The third-order valence-electron chi connectivity index (χ3n) is 4.59. The summed E-state index contributed by atoms with van der Waals surface area (Å²) in [5.74, 6) is -0.323. The molecule has 0 aliphatic carbocycles. The van der Waals surface area contributed by atoms with Crippen LogP contribution in [0.15, 0.2) is 103 Å². The predicted octanol–water partition coefficient (Wildman–Crippen LogP) is 3.79. The summed E-state index contributed by atoms with van der Waals surface area (Å²) < 4.78 is 5.37. The minimum atomic E-state index is -2.80. The van der Waals surface area contributed by atoms with Gasteiger partial charge < -0.3 is 0 Å². The Balaban J connectivity index is 2.36. The first-order valence-corrected chi connectivity index (χ1v) is 10.7. The van der Waals surface area contributed by atoms with Gasteiger partial charge >= 0.3 is 155 Å². The van der Waals surface area contributed by atoms with Crippen molar-refractivity contribution in [3.8, 4) is 0 Å². The van der Waals surface area contributed by atoms with Crippen molar-refractivity contribution in [1.29, 1.82) is 0 Å². The molecule has 0 aromatic heterocycles. The fraction of sp³-hybridized carbons (Fsp3) is 0.0870. The van der Waals surface area contributed by atoms with Crippen molar-refractivity contribution in [2.24, 2.45) is 0 Å². The fourth-order valence-corrected chi connectivity index (χ4v) is 7.96. The molecule has 0 aliphatic heterocycles. The molecule has 3 rings (SSSR count). The second-order valence-electron chi connectivity index (χ2n) is 6.05. The van der Waals surface area contributed by atoms with Gasteiger partial charge in [-0.2, -0.15) is 0 Å². The molecule has 0 bridgehead atoms. The Morgan fingerprint density at radius 3 is 1.42 bits per heavy atom. The number of esters is 1. The van der Waals surface area contributed by atoms with Gasteiger partial charge in [0.1, 0.15) is 0 Å². The van der Waals surface area contributed by atoms with Crippen molar-refractivity contribution in [3.63, 3.8) is 0 Å². The van der Waals surface area contributed by atoms with Gasteiger partial charge in [0.05, 0.1) is 0 Å². The second kappa shape index (κ2) is 8.12. The van der Waals surface area contributed by atoms with Crippen molar-refractivity contribution >= 4 is 29.1 Å². The molecule has 132 valence electrons. The average molecular weight is 362 g/mol. The van der Waals surface area contributed by atoms with Crippen LogP contribution in [0, 0.1) is 0 Å². The van der Waals surface area contributed by atoms with E-state index < -0.39 is 7.26 Å². The molecule has 0 radical (unpaired) electrons. The van der Waals surface area contributed by atoms with E-state index in [1.54, 1.807) is 0 Å². The Labute approximate surface area is 155 Å². The van der Waals surface area contributed by atoms with Crippen molar-refractivity contribution in [2.45, 2.75) is 6.92 Å². The van der Waals surface area contributed by atoms with Crippen LogP contribution in [-0.2, 0) is 9.53 Å². The molecule has 0 atom stereocenters. The summed E-state index contributed by atoms with van der Waals surface area (Å²) in [5.41, 5.74) is 0. The molecule has 0 aliphatic rings. The molecule has 26 heavy (non-hydrogen) atoms. The van der Waals surface area contributed by atoms with E-state index in [0.717, 1.165) is 15.9 Å². The Kier molecular flexibility index (Phi) is 5.65. The van der Waals surface area contributed by atoms with Crippen molar-refractivity contribution in [3.05, 3.63) is 103 Å². The van der Waals surface area contributed by atoms with Crippen molar-refractivity contribution in [1.82, 2.24) is 0 Å². The number of carbonyl (C=O) groups is 1. The summed E-state index contributed by atoms with van der Waals surface area (Å²) in [7, 11) is -2.80. The SMILES string of the molecule is C=C(C(=O)OCC)[PH](c1ccccc1)(c1ccccc1)c1ccccc1. The van der Waals surface area contributed by atoms with E-state index in [2.05, 4.69) is 43.0 Å². The van der Waals surface area contributed by atoms with Gasteiger partial charge in [-0.1, -0.05) is 0 Å². The Morgan fingerprint density at radius 1 is 0.769 bits per heavy atom. The van der Waals surface area contributed by atoms with Gasteiger partial charge in [0, 0.05) is 0 Å². The van der Waals surface area contributed by atoms with E-state index in [0.29, 0.717) is 11.9 Å². The summed E-state index contributed by atoms with van der Waals surface area (Å²) in [6, 6.07) is 30.6. The van der Waals surface area contributed by atoms with Gasteiger partial charge in [-0.15, -0.1) is 0 Å². The number of rotatable bonds is 6. The molecule has 0 saturated heterocycles. The van der Waals surface area contributed by atoms with E-state index in [4.69, 9.17) is 4.74 Å². The first kappa shape index (κ1) is 18.1. The van der Waals surface area contributed by atoms with Crippen LogP contribution >= 0.6 is 7.26 Å². The van der Waals surface area contributed by atoms with E-state index >= 15 is 0 Å². The molecule has 0 N–H and O–H groups in total. The Bertz CT molecular complexity index is 777. The van der Waals surface area contributed by atoms with E-state index in [-0.39, 0.29) is 5.97 Å². The van der Waals surface area contributed by atoms with Crippen LogP contribution in [0.2, 0.25) is 0 Å². The number of ether oxygens (including phenoxy) is 1. The quantitative estimate of drug-likeness (QED) is 0.379. The zero-order valence-corrected chi connectivity index (χ0v) is 15.9. The zero-order chi connectivity index (χ0) is 18.4. The maximum absolute atomic E-state index is 12.8. The summed E-state index contributed by atoms with van der Waals surface area (Å²) >= 11 is 0. The van der Waals surface area contributed by atoms with Gasteiger partial charge in [0.15, 0.2) is 0 Å². The Morgan fingerprint density at radius 2 is 1.12 bits per heavy atom. The normalized spacial score (nSPS) is 11.6. The summed E-state index contributed by atoms with van der Waals surface area (Å²) in [6.07, 6.45) is 0. The minimum absolute atomic E-state index is 0.323. The molecule has 0 spiro atoms. The molecular formula is C23H23O2P. The Hall–Kier alpha value is -2.70. The van der Waals surface area contributed by atoms with Crippen LogP contribution in [-0.4, -0.2) is 12.6 Å². The molecule has 3 aromatic rings. The topological polar surface area (TPSA) is 26.3 Å². The first-order chi connectivity index (χ1) is 12.7. The third-order valence-corrected chi connectivity index (χ3v) is 9.30. The van der Waals surface area contributed by atoms with Gasteiger partial charge in [-0.05, 0) is 0 Å². The molecular weight excluding hydrogens is 339 g/mol. The third kappa shape index (κ3) is 3.21. The van der Waals surface area contributed by atoms with Crippen LogP contribution in [0.5, 0.6) is 0 Å². The van der Waals surface area contributed by atoms with Crippen molar-refractivity contribution in [2.75, 3.05) is 6.61 Å². The standard InChI is InChI=1S/C23H23O2P/c1-3-25-23(24)19(2)26(20-13-7-4-8-14-20,21-15-9-5-10-16-21)22-17-11-6-12-18-22/h4-18,26H,2-3H2,1H3. The summed E-state index contributed by atoms with van der Waals surface area (Å²) in [6.45, 7) is 6.42. The molecule has 0 unspecified atom stereocenters.